The van der Waals surface area contributed by atoms with Gasteiger partial charge in [-0.15, -0.1) is 0 Å². The van der Waals surface area contributed by atoms with Gasteiger partial charge in [-0.3, -0.25) is 4.98 Å². The summed E-state index contributed by atoms with van der Waals surface area (Å²) < 4.78 is 0. The molecule has 0 N–H and O–H groups in total. The molecule has 0 amide bonds. The Morgan fingerprint density at radius 2 is 1.94 bits per heavy atom. The summed E-state index contributed by atoms with van der Waals surface area (Å²) in [5.74, 6) is 0.817. The Morgan fingerprint density at radius 3 is 2.59 bits per heavy atom. The molecule has 0 bridgehead atoms. The molecule has 1 rings (SSSR count). The molecule has 0 radical (unpaired) electrons. The van der Waals surface area contributed by atoms with Crippen LogP contribution in [0.1, 0.15) is 25.3 Å². The van der Waals surface area contributed by atoms with E-state index < -0.39 is 0 Å². The summed E-state index contributed by atoms with van der Waals surface area (Å²) in [5, 5.41) is 1.12. The topological polar surface area (TPSA) is 16.1 Å². The van der Waals surface area contributed by atoms with E-state index in [1.165, 1.54) is 24.9 Å². The minimum absolute atomic E-state index is 0.817. The van der Waals surface area contributed by atoms with Gasteiger partial charge in [-0.1, -0.05) is 22.9 Å². The summed E-state index contributed by atoms with van der Waals surface area (Å²) in [7, 11) is 2.21. The van der Waals surface area contributed by atoms with E-state index in [1.54, 1.807) is 0 Å². The van der Waals surface area contributed by atoms with Crippen molar-refractivity contribution in [2.45, 2.75) is 26.2 Å². The second-order valence-corrected chi connectivity index (χ2v) is 5.57. The molecule has 0 aliphatic rings. The Bertz CT molecular complexity index is 290. The standard InChI is InChI=1S/C14H23BrN2/c1-13(3-8-15)6-11-17(2)12-7-14-4-9-16-10-5-14/h4-5,9-10,13H,3,6-8,11-12H2,1-2H3. The first-order chi connectivity index (χ1) is 8.22. The lowest BCUT2D eigenvalue weighted by Gasteiger charge is -2.18. The Balaban J connectivity index is 2.15. The second kappa shape index (κ2) is 8.65. The molecule has 17 heavy (non-hydrogen) atoms. The van der Waals surface area contributed by atoms with Gasteiger partial charge in [0.25, 0.3) is 0 Å². The van der Waals surface area contributed by atoms with Gasteiger partial charge in [-0.05, 0) is 56.5 Å². The highest BCUT2D eigenvalue weighted by atomic mass is 79.9. The van der Waals surface area contributed by atoms with Crippen LogP contribution in [0.4, 0.5) is 0 Å². The van der Waals surface area contributed by atoms with E-state index in [0.29, 0.717) is 0 Å². The van der Waals surface area contributed by atoms with Crippen molar-refractivity contribution in [2.75, 3.05) is 25.5 Å². The molecule has 2 nitrogen and oxygen atoms in total. The summed E-state index contributed by atoms with van der Waals surface area (Å²) in [4.78, 5) is 6.46. The van der Waals surface area contributed by atoms with Crippen LogP contribution in [0.2, 0.25) is 0 Å². The van der Waals surface area contributed by atoms with Crippen LogP contribution in [-0.4, -0.2) is 35.4 Å². The van der Waals surface area contributed by atoms with Gasteiger partial charge in [0.15, 0.2) is 0 Å². The first-order valence-electron chi connectivity index (χ1n) is 6.35. The van der Waals surface area contributed by atoms with E-state index in [0.717, 1.165) is 24.2 Å². The molecule has 1 aromatic rings. The molecular formula is C14H23BrN2. The van der Waals surface area contributed by atoms with Crippen molar-refractivity contribution in [1.29, 1.82) is 0 Å². The highest BCUT2D eigenvalue weighted by Crippen LogP contribution is 2.09. The summed E-state index contributed by atoms with van der Waals surface area (Å²) in [6.07, 6.45) is 7.42. The van der Waals surface area contributed by atoms with Crippen LogP contribution >= 0.6 is 15.9 Å². The zero-order valence-electron chi connectivity index (χ0n) is 10.9. The fourth-order valence-electron chi connectivity index (χ4n) is 1.75. The third kappa shape index (κ3) is 6.79. The summed E-state index contributed by atoms with van der Waals surface area (Å²) in [5.41, 5.74) is 1.38. The average molecular weight is 299 g/mol. The van der Waals surface area contributed by atoms with E-state index in [9.17, 15) is 0 Å². The van der Waals surface area contributed by atoms with E-state index in [2.05, 4.69) is 51.9 Å². The molecule has 0 spiro atoms. The van der Waals surface area contributed by atoms with Crippen molar-refractivity contribution >= 4 is 15.9 Å². The predicted molar refractivity (Wildman–Crippen MR) is 77.6 cm³/mol. The van der Waals surface area contributed by atoms with E-state index in [4.69, 9.17) is 0 Å². The minimum atomic E-state index is 0.817. The molecule has 0 saturated carbocycles. The van der Waals surface area contributed by atoms with Gasteiger partial charge in [-0.25, -0.2) is 0 Å². The first kappa shape index (κ1) is 14.7. The smallest absolute Gasteiger partial charge is 0.0270 e. The summed E-state index contributed by atoms with van der Waals surface area (Å²) >= 11 is 3.50. The predicted octanol–water partition coefficient (Wildman–Crippen LogP) is 3.37. The van der Waals surface area contributed by atoms with Crippen molar-refractivity contribution < 1.29 is 0 Å². The SMILES string of the molecule is CC(CCBr)CCN(C)CCc1ccncc1. The monoisotopic (exact) mass is 298 g/mol. The van der Waals surface area contributed by atoms with E-state index in [1.807, 2.05) is 12.4 Å². The maximum atomic E-state index is 4.03. The molecule has 1 unspecified atom stereocenters. The molecule has 1 atom stereocenters. The van der Waals surface area contributed by atoms with Gasteiger partial charge >= 0.3 is 0 Å². The number of halogens is 1. The maximum Gasteiger partial charge on any atom is 0.0270 e. The van der Waals surface area contributed by atoms with Crippen molar-refractivity contribution in [1.82, 2.24) is 9.88 Å². The molecule has 1 aromatic heterocycles. The van der Waals surface area contributed by atoms with Crippen LogP contribution in [0.3, 0.4) is 0 Å². The third-order valence-electron chi connectivity index (χ3n) is 3.14. The molecule has 0 aliphatic carbocycles. The zero-order chi connectivity index (χ0) is 12.5. The number of pyridine rings is 1. The number of aromatic nitrogens is 1. The average Bonchev–Trinajstić information content (AvgIpc) is 2.35. The van der Waals surface area contributed by atoms with Gasteiger partial charge in [0.1, 0.15) is 0 Å². The van der Waals surface area contributed by atoms with Crippen molar-refractivity contribution in [2.24, 2.45) is 5.92 Å². The Kier molecular flexibility index (Phi) is 7.45. The number of likely N-dealkylation sites (N-methyl/N-ethyl adjacent to an activating group) is 1. The first-order valence-corrected chi connectivity index (χ1v) is 7.48. The van der Waals surface area contributed by atoms with Crippen LogP contribution in [-0.2, 0) is 6.42 Å². The number of alkyl halides is 1. The molecule has 1 heterocycles. The Morgan fingerprint density at radius 1 is 1.24 bits per heavy atom. The minimum Gasteiger partial charge on any atom is -0.306 e. The fourth-order valence-corrected chi connectivity index (χ4v) is 2.53. The molecule has 0 aliphatic heterocycles. The molecular weight excluding hydrogens is 276 g/mol. The largest absolute Gasteiger partial charge is 0.306 e. The maximum absolute atomic E-state index is 4.03. The van der Waals surface area contributed by atoms with Crippen LogP contribution in [0.15, 0.2) is 24.5 Å². The van der Waals surface area contributed by atoms with Gasteiger partial charge in [-0.2, -0.15) is 0 Å². The number of hydrogen-bond acceptors (Lipinski definition) is 2. The summed E-state index contributed by atoms with van der Waals surface area (Å²) in [6.45, 7) is 4.66. The van der Waals surface area contributed by atoms with E-state index >= 15 is 0 Å². The van der Waals surface area contributed by atoms with E-state index in [-0.39, 0.29) is 0 Å². The normalized spacial score (nSPS) is 12.9. The number of nitrogens with zero attached hydrogens (tertiary/aromatic N) is 2. The molecule has 3 heteroatoms. The zero-order valence-corrected chi connectivity index (χ0v) is 12.5. The van der Waals surface area contributed by atoms with Gasteiger partial charge in [0, 0.05) is 24.3 Å². The quantitative estimate of drug-likeness (QED) is 0.684. The van der Waals surface area contributed by atoms with Gasteiger partial charge in [0.2, 0.25) is 0 Å². The Labute approximate surface area is 114 Å². The third-order valence-corrected chi connectivity index (χ3v) is 3.59. The highest BCUT2D eigenvalue weighted by Gasteiger charge is 2.04. The van der Waals surface area contributed by atoms with Crippen LogP contribution < -0.4 is 0 Å². The molecule has 96 valence electrons. The number of rotatable bonds is 8. The molecule has 0 aromatic carbocycles. The van der Waals surface area contributed by atoms with Crippen molar-refractivity contribution in [3.05, 3.63) is 30.1 Å². The fraction of sp³-hybridized carbons (Fsp3) is 0.643. The van der Waals surface area contributed by atoms with Crippen molar-refractivity contribution in [3.63, 3.8) is 0 Å². The van der Waals surface area contributed by atoms with Gasteiger partial charge in [0.05, 0.1) is 0 Å². The van der Waals surface area contributed by atoms with Crippen LogP contribution in [0.25, 0.3) is 0 Å². The van der Waals surface area contributed by atoms with Crippen molar-refractivity contribution in [3.8, 4) is 0 Å². The lowest BCUT2D eigenvalue weighted by atomic mass is 10.1. The highest BCUT2D eigenvalue weighted by molar-refractivity contribution is 9.09. The second-order valence-electron chi connectivity index (χ2n) is 4.78. The number of hydrogen-bond donors (Lipinski definition) is 0. The van der Waals surface area contributed by atoms with Gasteiger partial charge < -0.3 is 4.90 Å². The van der Waals surface area contributed by atoms with Crippen LogP contribution in [0.5, 0.6) is 0 Å². The summed E-state index contributed by atoms with van der Waals surface area (Å²) in [6, 6.07) is 4.20. The Hall–Kier alpha value is -0.410. The molecule has 0 fully saturated rings. The lowest BCUT2D eigenvalue weighted by Crippen LogP contribution is -2.23. The van der Waals surface area contributed by atoms with Crippen LogP contribution in [0, 0.1) is 5.92 Å². The lowest BCUT2D eigenvalue weighted by molar-refractivity contribution is 0.307. The molecule has 0 saturated heterocycles.